The molecule has 6 nitrogen and oxygen atoms in total. The molecule has 1 amide bonds. The van der Waals surface area contributed by atoms with Crippen LogP contribution < -0.4 is 4.74 Å². The van der Waals surface area contributed by atoms with Crippen molar-refractivity contribution in [1.82, 2.24) is 4.90 Å². The van der Waals surface area contributed by atoms with Gasteiger partial charge in [-0.25, -0.2) is 0 Å². The summed E-state index contributed by atoms with van der Waals surface area (Å²) in [5.41, 5.74) is 0.795. The minimum Gasteiger partial charge on any atom is -0.503 e. The highest BCUT2D eigenvalue weighted by Gasteiger charge is 2.44. The molecule has 1 aromatic rings. The third-order valence-electron chi connectivity index (χ3n) is 4.54. The maximum absolute atomic E-state index is 12.6. The molecule has 2 atom stereocenters. The van der Waals surface area contributed by atoms with Crippen molar-refractivity contribution < 1.29 is 24.2 Å². The number of aliphatic hydroxyl groups excluding tert-OH is 1. The number of ketones is 1. The number of Topliss-reactive ketones (excluding diaryl/α,β-unsaturated/α-hetero) is 1. The first-order valence-electron chi connectivity index (χ1n) is 8.04. The highest BCUT2D eigenvalue weighted by Crippen LogP contribution is 2.41. The fourth-order valence-electron chi connectivity index (χ4n) is 3.42. The van der Waals surface area contributed by atoms with Crippen molar-refractivity contribution in [3.8, 4) is 5.75 Å². The summed E-state index contributed by atoms with van der Waals surface area (Å²) < 4.78 is 11.0. The second-order valence-electron chi connectivity index (χ2n) is 6.06. The maximum Gasteiger partial charge on any atom is 0.290 e. The molecule has 0 radical (unpaired) electrons. The quantitative estimate of drug-likeness (QED) is 0.895. The lowest BCUT2D eigenvalue weighted by atomic mass is 9.95. The SMILES string of the molecule is COc1ccccc1[C@H]1C(C(C)=O)=C(O)C(=O)N1C[C@H]1CCCO1. The predicted molar refractivity (Wildman–Crippen MR) is 86.8 cm³/mol. The number of amides is 1. The van der Waals surface area contributed by atoms with Crippen LogP contribution in [0, 0.1) is 0 Å². The van der Waals surface area contributed by atoms with Gasteiger partial charge in [0.25, 0.3) is 5.91 Å². The van der Waals surface area contributed by atoms with E-state index >= 15 is 0 Å². The van der Waals surface area contributed by atoms with Gasteiger partial charge in [0, 0.05) is 18.7 Å². The molecule has 3 rings (SSSR count). The summed E-state index contributed by atoms with van der Waals surface area (Å²) in [5, 5.41) is 10.3. The lowest BCUT2D eigenvalue weighted by molar-refractivity contribution is -0.131. The molecule has 2 aliphatic heterocycles. The Morgan fingerprint density at radius 1 is 1.42 bits per heavy atom. The van der Waals surface area contributed by atoms with Gasteiger partial charge in [0.05, 0.1) is 24.8 Å². The molecule has 0 aliphatic carbocycles. The van der Waals surface area contributed by atoms with E-state index in [4.69, 9.17) is 9.47 Å². The molecule has 0 spiro atoms. The summed E-state index contributed by atoms with van der Waals surface area (Å²) in [5.74, 6) is -0.768. The fourth-order valence-corrected chi connectivity index (χ4v) is 3.42. The fraction of sp³-hybridized carbons (Fsp3) is 0.444. The second-order valence-corrected chi connectivity index (χ2v) is 6.06. The average molecular weight is 331 g/mol. The lowest BCUT2D eigenvalue weighted by Crippen LogP contribution is -2.37. The summed E-state index contributed by atoms with van der Waals surface area (Å²) >= 11 is 0. The summed E-state index contributed by atoms with van der Waals surface area (Å²) in [7, 11) is 1.54. The van der Waals surface area contributed by atoms with Crippen LogP contribution in [0.15, 0.2) is 35.6 Å². The van der Waals surface area contributed by atoms with Crippen LogP contribution in [0.25, 0.3) is 0 Å². The van der Waals surface area contributed by atoms with Crippen molar-refractivity contribution in [3.63, 3.8) is 0 Å². The summed E-state index contributed by atoms with van der Waals surface area (Å²) in [4.78, 5) is 26.2. The Hall–Kier alpha value is -2.34. The summed E-state index contributed by atoms with van der Waals surface area (Å²) in [6.07, 6.45) is 1.73. The summed E-state index contributed by atoms with van der Waals surface area (Å²) in [6.45, 7) is 2.37. The molecular weight excluding hydrogens is 310 g/mol. The smallest absolute Gasteiger partial charge is 0.290 e. The molecule has 0 saturated carbocycles. The van der Waals surface area contributed by atoms with E-state index in [2.05, 4.69) is 0 Å². The van der Waals surface area contributed by atoms with Gasteiger partial charge in [-0.05, 0) is 25.8 Å². The van der Waals surface area contributed by atoms with Crippen LogP contribution in [0.4, 0.5) is 0 Å². The van der Waals surface area contributed by atoms with Gasteiger partial charge in [0.2, 0.25) is 0 Å². The molecule has 0 aromatic heterocycles. The third kappa shape index (κ3) is 2.78. The van der Waals surface area contributed by atoms with Gasteiger partial charge in [-0.1, -0.05) is 18.2 Å². The lowest BCUT2D eigenvalue weighted by Gasteiger charge is -2.29. The number of carbonyl (C=O) groups is 2. The van der Waals surface area contributed by atoms with Crippen LogP contribution in [0.3, 0.4) is 0 Å². The van der Waals surface area contributed by atoms with Crippen molar-refractivity contribution in [1.29, 1.82) is 0 Å². The van der Waals surface area contributed by atoms with Crippen molar-refractivity contribution in [3.05, 3.63) is 41.2 Å². The number of methoxy groups -OCH3 is 1. The van der Waals surface area contributed by atoms with Gasteiger partial charge in [-0.2, -0.15) is 0 Å². The van der Waals surface area contributed by atoms with E-state index < -0.39 is 17.7 Å². The van der Waals surface area contributed by atoms with Crippen LogP contribution >= 0.6 is 0 Å². The van der Waals surface area contributed by atoms with E-state index in [0.29, 0.717) is 24.5 Å². The van der Waals surface area contributed by atoms with Gasteiger partial charge >= 0.3 is 0 Å². The van der Waals surface area contributed by atoms with Gasteiger partial charge in [0.1, 0.15) is 5.75 Å². The largest absolute Gasteiger partial charge is 0.503 e. The van der Waals surface area contributed by atoms with Crippen molar-refractivity contribution in [2.24, 2.45) is 0 Å². The molecule has 1 saturated heterocycles. The molecule has 2 heterocycles. The van der Waals surface area contributed by atoms with E-state index in [9.17, 15) is 14.7 Å². The Morgan fingerprint density at radius 3 is 2.79 bits per heavy atom. The Balaban J connectivity index is 2.04. The zero-order valence-electron chi connectivity index (χ0n) is 13.8. The molecule has 128 valence electrons. The Bertz CT molecular complexity index is 690. The van der Waals surface area contributed by atoms with E-state index in [1.165, 1.54) is 18.9 Å². The van der Waals surface area contributed by atoms with E-state index in [-0.39, 0.29) is 17.5 Å². The first-order valence-corrected chi connectivity index (χ1v) is 8.04. The van der Waals surface area contributed by atoms with Gasteiger partial charge < -0.3 is 19.5 Å². The van der Waals surface area contributed by atoms with E-state index in [1.807, 2.05) is 12.1 Å². The number of benzene rings is 1. The zero-order valence-corrected chi connectivity index (χ0v) is 13.8. The molecule has 2 aliphatic rings. The monoisotopic (exact) mass is 331 g/mol. The molecular formula is C18H21NO5. The Labute approximate surface area is 140 Å². The predicted octanol–water partition coefficient (Wildman–Crippen LogP) is 2.16. The van der Waals surface area contributed by atoms with E-state index in [1.54, 1.807) is 12.1 Å². The molecule has 0 bridgehead atoms. The first kappa shape index (κ1) is 16.5. The highest BCUT2D eigenvalue weighted by atomic mass is 16.5. The van der Waals surface area contributed by atoms with Gasteiger partial charge in [-0.3, -0.25) is 9.59 Å². The highest BCUT2D eigenvalue weighted by molar-refractivity contribution is 6.08. The van der Waals surface area contributed by atoms with Crippen LogP contribution in [-0.4, -0.2) is 48.1 Å². The number of ether oxygens (including phenoxy) is 2. The normalized spacial score (nSPS) is 23.9. The number of aliphatic hydroxyl groups is 1. The average Bonchev–Trinajstić information content (AvgIpc) is 3.17. The van der Waals surface area contributed by atoms with Crippen LogP contribution in [-0.2, 0) is 14.3 Å². The van der Waals surface area contributed by atoms with Crippen LogP contribution in [0.5, 0.6) is 5.75 Å². The standard InChI is InChI=1S/C18H21NO5/c1-11(20)15-16(13-7-3-4-8-14(13)23-2)19(18(22)17(15)21)10-12-6-5-9-24-12/h3-4,7-8,12,16,21H,5-6,9-10H2,1-2H3/t12-,16+/m1/s1. The number of para-hydroxylation sites is 1. The summed E-state index contributed by atoms with van der Waals surface area (Å²) in [6, 6.07) is 6.56. The number of rotatable bonds is 5. The molecule has 0 unspecified atom stereocenters. The first-order chi connectivity index (χ1) is 11.5. The molecule has 24 heavy (non-hydrogen) atoms. The van der Waals surface area contributed by atoms with Crippen LogP contribution in [0.1, 0.15) is 31.4 Å². The molecule has 6 heteroatoms. The number of hydrogen-bond acceptors (Lipinski definition) is 5. The maximum atomic E-state index is 12.6. The zero-order chi connectivity index (χ0) is 17.3. The molecule has 1 aromatic carbocycles. The van der Waals surface area contributed by atoms with Crippen molar-refractivity contribution in [2.75, 3.05) is 20.3 Å². The van der Waals surface area contributed by atoms with Gasteiger partial charge in [-0.15, -0.1) is 0 Å². The van der Waals surface area contributed by atoms with E-state index in [0.717, 1.165) is 12.8 Å². The van der Waals surface area contributed by atoms with Gasteiger partial charge in [0.15, 0.2) is 11.5 Å². The number of nitrogens with zero attached hydrogens (tertiary/aromatic N) is 1. The number of carbonyl (C=O) groups excluding carboxylic acids is 2. The Kier molecular flexibility index (Phi) is 4.57. The second kappa shape index (κ2) is 6.65. The van der Waals surface area contributed by atoms with Crippen molar-refractivity contribution >= 4 is 11.7 Å². The Morgan fingerprint density at radius 2 is 2.17 bits per heavy atom. The van der Waals surface area contributed by atoms with Crippen molar-refractivity contribution in [2.45, 2.75) is 31.9 Å². The number of hydrogen-bond donors (Lipinski definition) is 1. The minimum absolute atomic E-state index is 0.0785. The third-order valence-corrected chi connectivity index (χ3v) is 4.54. The molecule has 1 N–H and O–H groups in total. The minimum atomic E-state index is -0.657. The van der Waals surface area contributed by atoms with Crippen LogP contribution in [0.2, 0.25) is 0 Å². The topological polar surface area (TPSA) is 76.1 Å². The molecule has 1 fully saturated rings.